The number of H-pyrrole nitrogens is 2. The molecule has 3 rings (SSSR count). The Morgan fingerprint density at radius 2 is 1.67 bits per heavy atom. The molecular formula is C21H21N3O3. The van der Waals surface area contributed by atoms with Gasteiger partial charge in [0.05, 0.1) is 0 Å². The molecule has 0 saturated carbocycles. The molecular weight excluding hydrogens is 342 g/mol. The van der Waals surface area contributed by atoms with E-state index in [1.807, 2.05) is 45.0 Å². The molecule has 138 valence electrons. The largest absolute Gasteiger partial charge is 0.447 e. The van der Waals surface area contributed by atoms with Gasteiger partial charge in [-0.2, -0.15) is 0 Å². The fourth-order valence-electron chi connectivity index (χ4n) is 2.69. The molecule has 0 unspecified atom stereocenters. The van der Waals surface area contributed by atoms with Gasteiger partial charge >= 0.3 is 0 Å². The summed E-state index contributed by atoms with van der Waals surface area (Å²) in [5.41, 5.74) is 1.14. The van der Waals surface area contributed by atoms with E-state index in [2.05, 4.69) is 21.5 Å². The maximum Gasteiger partial charge on any atom is 0.272 e. The lowest BCUT2D eigenvalue weighted by molar-refractivity contribution is 0.407. The fourth-order valence-corrected chi connectivity index (χ4v) is 2.69. The van der Waals surface area contributed by atoms with Gasteiger partial charge in [0.15, 0.2) is 6.39 Å². The molecule has 0 atom stereocenters. The molecule has 1 aromatic carbocycles. The molecule has 0 fully saturated rings. The zero-order valence-electron chi connectivity index (χ0n) is 15.5. The van der Waals surface area contributed by atoms with Crippen LogP contribution in [0, 0.1) is 0 Å². The summed E-state index contributed by atoms with van der Waals surface area (Å²) in [5, 5.41) is 0.297. The van der Waals surface area contributed by atoms with E-state index in [9.17, 15) is 9.59 Å². The van der Waals surface area contributed by atoms with E-state index in [-0.39, 0.29) is 16.1 Å². The highest BCUT2D eigenvalue weighted by Gasteiger charge is 2.21. The molecule has 0 radical (unpaired) electrons. The lowest BCUT2D eigenvalue weighted by atomic mass is 9.92. The van der Waals surface area contributed by atoms with Gasteiger partial charge in [0, 0.05) is 5.41 Å². The van der Waals surface area contributed by atoms with Gasteiger partial charge in [-0.05, 0) is 29.3 Å². The number of benzene rings is 1. The number of nitrogens with one attached hydrogen (secondary N) is 2. The Morgan fingerprint density at radius 3 is 2.30 bits per heavy atom. The average Bonchev–Trinajstić information content (AvgIpc) is 3.08. The zero-order chi connectivity index (χ0) is 19.6. The van der Waals surface area contributed by atoms with Crippen LogP contribution in [-0.2, 0) is 5.41 Å². The molecule has 0 spiro atoms. The predicted molar refractivity (Wildman–Crippen MR) is 106 cm³/mol. The van der Waals surface area contributed by atoms with E-state index < -0.39 is 11.1 Å². The number of aromatic amines is 2. The summed E-state index contributed by atoms with van der Waals surface area (Å²) < 4.78 is 5.44. The number of rotatable bonds is 3. The van der Waals surface area contributed by atoms with Crippen molar-refractivity contribution in [3.05, 3.63) is 91.2 Å². The number of nitrogens with zero attached hydrogens (tertiary/aromatic N) is 1. The molecule has 0 aliphatic rings. The van der Waals surface area contributed by atoms with Crippen molar-refractivity contribution in [3.8, 4) is 0 Å². The van der Waals surface area contributed by atoms with E-state index in [1.54, 1.807) is 12.2 Å². The summed E-state index contributed by atoms with van der Waals surface area (Å²) in [6, 6.07) is 7.47. The van der Waals surface area contributed by atoms with Crippen LogP contribution < -0.4 is 21.8 Å². The summed E-state index contributed by atoms with van der Waals surface area (Å²) in [5.74, 6) is 0.639. The predicted octanol–water partition coefficient (Wildman–Crippen LogP) is 1.65. The van der Waals surface area contributed by atoms with Crippen LogP contribution in [-0.4, -0.2) is 15.0 Å². The second-order valence-electron chi connectivity index (χ2n) is 7.22. The first-order valence-corrected chi connectivity index (χ1v) is 8.50. The monoisotopic (exact) mass is 363 g/mol. The number of aromatic nitrogens is 3. The van der Waals surface area contributed by atoms with Crippen molar-refractivity contribution in [2.75, 3.05) is 0 Å². The Balaban J connectivity index is 2.13. The third-order valence-corrected chi connectivity index (χ3v) is 4.00. The number of hydrogen-bond acceptors (Lipinski definition) is 4. The zero-order valence-corrected chi connectivity index (χ0v) is 15.5. The highest BCUT2D eigenvalue weighted by Crippen LogP contribution is 2.25. The summed E-state index contributed by atoms with van der Waals surface area (Å²) in [7, 11) is 0. The molecule has 0 aliphatic carbocycles. The van der Waals surface area contributed by atoms with Gasteiger partial charge in [0.2, 0.25) is 0 Å². The van der Waals surface area contributed by atoms with Gasteiger partial charge in [0.1, 0.15) is 22.2 Å². The van der Waals surface area contributed by atoms with Crippen molar-refractivity contribution in [1.29, 1.82) is 0 Å². The Bertz CT molecular complexity index is 1220. The molecule has 6 nitrogen and oxygen atoms in total. The van der Waals surface area contributed by atoms with Crippen LogP contribution in [0.15, 0.2) is 51.2 Å². The molecule has 0 aliphatic heterocycles. The van der Waals surface area contributed by atoms with Crippen molar-refractivity contribution in [1.82, 2.24) is 15.0 Å². The second kappa shape index (κ2) is 7.07. The quantitative estimate of drug-likeness (QED) is 0.740. The maximum absolute atomic E-state index is 12.4. The van der Waals surface area contributed by atoms with E-state index >= 15 is 0 Å². The van der Waals surface area contributed by atoms with Crippen LogP contribution >= 0.6 is 0 Å². The highest BCUT2D eigenvalue weighted by atomic mass is 16.3. The maximum atomic E-state index is 12.4. The van der Waals surface area contributed by atoms with Crippen molar-refractivity contribution in [2.24, 2.45) is 0 Å². The molecule has 2 aromatic heterocycles. The fraction of sp³-hybridized carbons (Fsp3) is 0.190. The molecule has 0 amide bonds. The normalized spacial score (nSPS) is 13.1. The Morgan fingerprint density at radius 1 is 1.04 bits per heavy atom. The lowest BCUT2D eigenvalue weighted by Gasteiger charge is -2.14. The molecule has 2 N–H and O–H groups in total. The molecule has 0 bridgehead atoms. The SMILES string of the molecule is C=Cc1cccc(C=c2[nH]c(=O)c(=Cc3ncoc3C(C)(C)C)[nH]c2=O)c1. The molecule has 27 heavy (non-hydrogen) atoms. The lowest BCUT2D eigenvalue weighted by Crippen LogP contribution is -2.46. The smallest absolute Gasteiger partial charge is 0.272 e. The van der Waals surface area contributed by atoms with Gasteiger partial charge in [-0.1, -0.05) is 51.6 Å². The van der Waals surface area contributed by atoms with Crippen LogP contribution in [0.2, 0.25) is 0 Å². The van der Waals surface area contributed by atoms with Crippen molar-refractivity contribution < 1.29 is 4.42 Å². The first-order chi connectivity index (χ1) is 12.8. The van der Waals surface area contributed by atoms with Crippen LogP contribution in [0.5, 0.6) is 0 Å². The van der Waals surface area contributed by atoms with Crippen LogP contribution in [0.4, 0.5) is 0 Å². The molecule has 2 heterocycles. The second-order valence-corrected chi connectivity index (χ2v) is 7.22. The summed E-state index contributed by atoms with van der Waals surface area (Å²) >= 11 is 0. The van der Waals surface area contributed by atoms with Gasteiger partial charge < -0.3 is 14.4 Å². The Labute approximate surface area is 155 Å². The number of hydrogen-bond donors (Lipinski definition) is 2. The van der Waals surface area contributed by atoms with E-state index in [0.29, 0.717) is 11.5 Å². The molecule has 0 saturated heterocycles. The first-order valence-electron chi connectivity index (χ1n) is 8.50. The standard InChI is InChI=1S/C21H21N3O3/c1-5-13-7-6-8-14(9-13)10-16-19(25)24-17(20(26)23-16)11-15-18(21(2,3)4)27-12-22-15/h5-12H,1H2,2-4H3,(H,23,26)(H,24,25). The van der Waals surface area contributed by atoms with Crippen molar-refractivity contribution in [2.45, 2.75) is 26.2 Å². The average molecular weight is 363 g/mol. The minimum absolute atomic E-state index is 0.122. The minimum atomic E-state index is -0.413. The van der Waals surface area contributed by atoms with Crippen molar-refractivity contribution >= 4 is 18.2 Å². The van der Waals surface area contributed by atoms with Gasteiger partial charge in [-0.25, -0.2) is 4.98 Å². The Kier molecular flexibility index (Phi) is 4.81. The summed E-state index contributed by atoms with van der Waals surface area (Å²) in [4.78, 5) is 34.3. The highest BCUT2D eigenvalue weighted by molar-refractivity contribution is 5.56. The van der Waals surface area contributed by atoms with Crippen LogP contribution in [0.1, 0.15) is 43.4 Å². The van der Waals surface area contributed by atoms with Crippen LogP contribution in [0.3, 0.4) is 0 Å². The summed E-state index contributed by atoms with van der Waals surface area (Å²) in [6.07, 6.45) is 6.18. The first kappa shape index (κ1) is 18.4. The van der Waals surface area contributed by atoms with Crippen LogP contribution in [0.25, 0.3) is 18.2 Å². The van der Waals surface area contributed by atoms with E-state index in [1.165, 1.54) is 12.5 Å². The van der Waals surface area contributed by atoms with E-state index in [4.69, 9.17) is 4.42 Å². The number of oxazole rings is 1. The third kappa shape index (κ3) is 4.06. The summed E-state index contributed by atoms with van der Waals surface area (Å²) in [6.45, 7) is 9.66. The van der Waals surface area contributed by atoms with Gasteiger partial charge in [-0.15, -0.1) is 0 Å². The molecule has 6 heteroatoms. The topological polar surface area (TPSA) is 91.8 Å². The van der Waals surface area contributed by atoms with E-state index in [0.717, 1.165) is 11.1 Å². The van der Waals surface area contributed by atoms with Crippen molar-refractivity contribution in [3.63, 3.8) is 0 Å². The minimum Gasteiger partial charge on any atom is -0.447 e. The third-order valence-electron chi connectivity index (χ3n) is 4.00. The molecule has 3 aromatic rings. The van der Waals surface area contributed by atoms with Gasteiger partial charge in [0.25, 0.3) is 11.1 Å². The van der Waals surface area contributed by atoms with Gasteiger partial charge in [-0.3, -0.25) is 9.59 Å². The Hall–Kier alpha value is -3.41.